The quantitative estimate of drug-likeness (QED) is 0.196. The van der Waals surface area contributed by atoms with Crippen molar-refractivity contribution in [2.75, 3.05) is 55.6 Å². The molecule has 2 heterocycles. The summed E-state index contributed by atoms with van der Waals surface area (Å²) in [5.74, 6) is 3.87. The third kappa shape index (κ3) is 6.35. The molecule has 4 aromatic rings. The van der Waals surface area contributed by atoms with Gasteiger partial charge in [0.15, 0.2) is 34.5 Å². The Labute approximate surface area is 277 Å². The molecule has 0 fully saturated rings. The number of aromatic hydroxyl groups is 1. The topological polar surface area (TPSA) is 72.9 Å². The molecular weight excluding hydrogens is 592 g/mol. The number of rotatable bonds is 10. The van der Waals surface area contributed by atoms with E-state index in [4.69, 9.17) is 23.7 Å². The molecule has 0 bridgehead atoms. The van der Waals surface area contributed by atoms with Crippen LogP contribution in [0.4, 0.5) is 0 Å². The lowest BCUT2D eigenvalue weighted by Gasteiger charge is -2.36. The van der Waals surface area contributed by atoms with E-state index in [-0.39, 0.29) is 17.8 Å². The lowest BCUT2D eigenvalue weighted by atomic mass is 9.86. The molecule has 0 saturated carbocycles. The van der Waals surface area contributed by atoms with Crippen LogP contribution in [0.15, 0.2) is 73.3 Å². The van der Waals surface area contributed by atoms with Gasteiger partial charge in [-0.2, -0.15) is 0 Å². The average Bonchev–Trinajstić information content (AvgIpc) is 3.09. The summed E-state index contributed by atoms with van der Waals surface area (Å²) >= 11 is 0. The summed E-state index contributed by atoms with van der Waals surface area (Å²) in [6.45, 7) is 6.33. The van der Waals surface area contributed by atoms with Crippen LogP contribution in [0.1, 0.15) is 45.5 Å². The van der Waals surface area contributed by atoms with Crippen LogP contribution >= 0.6 is 0 Å². The van der Waals surface area contributed by atoms with Crippen LogP contribution in [-0.4, -0.2) is 70.5 Å². The van der Waals surface area contributed by atoms with Gasteiger partial charge in [-0.05, 0) is 121 Å². The smallest absolute Gasteiger partial charge is 0.169 e. The van der Waals surface area contributed by atoms with Gasteiger partial charge in [-0.15, -0.1) is 0 Å². The highest BCUT2D eigenvalue weighted by molar-refractivity contribution is 5.72. The first-order valence-corrected chi connectivity index (χ1v) is 15.9. The molecule has 0 radical (unpaired) electrons. The Morgan fingerprint density at radius 2 is 1.30 bits per heavy atom. The second-order valence-electron chi connectivity index (χ2n) is 12.3. The molecule has 0 amide bonds. The van der Waals surface area contributed by atoms with E-state index in [0.717, 1.165) is 71.9 Å². The fourth-order valence-electron chi connectivity index (χ4n) is 6.94. The molecule has 2 aliphatic heterocycles. The highest BCUT2D eigenvalue weighted by Gasteiger charge is 2.31. The minimum atomic E-state index is -0.0575. The number of methoxy groups -OCH3 is 4. The average molecular weight is 637 g/mol. The van der Waals surface area contributed by atoms with Crippen molar-refractivity contribution in [3.05, 3.63) is 107 Å². The van der Waals surface area contributed by atoms with E-state index in [1.54, 1.807) is 34.5 Å². The number of nitrogens with zero attached hydrogens (tertiary/aromatic N) is 2. The molecule has 8 heteroatoms. The van der Waals surface area contributed by atoms with E-state index < -0.39 is 0 Å². The second-order valence-corrected chi connectivity index (χ2v) is 12.3. The van der Waals surface area contributed by atoms with Gasteiger partial charge < -0.3 is 28.8 Å². The summed E-state index contributed by atoms with van der Waals surface area (Å²) in [6.07, 6.45) is 2.54. The molecular formula is C39H44N2O6. The fraction of sp³-hybridized carbons (Fsp3) is 0.333. The number of fused-ring (bicyclic) bond motifs is 2. The van der Waals surface area contributed by atoms with Gasteiger partial charge in [-0.3, -0.25) is 9.80 Å². The number of hydrogen-bond donors (Lipinski definition) is 1. The molecule has 2 atom stereocenters. The molecule has 0 aromatic heterocycles. The van der Waals surface area contributed by atoms with Crippen molar-refractivity contribution in [1.29, 1.82) is 0 Å². The maximum Gasteiger partial charge on any atom is 0.169 e. The number of phenols is 1. The molecule has 4 aromatic carbocycles. The van der Waals surface area contributed by atoms with E-state index in [1.165, 1.54) is 16.7 Å². The Balaban J connectivity index is 1.31. The van der Waals surface area contributed by atoms with Crippen LogP contribution in [0, 0.1) is 0 Å². The normalized spacial score (nSPS) is 17.7. The zero-order valence-electron chi connectivity index (χ0n) is 28.1. The van der Waals surface area contributed by atoms with Crippen molar-refractivity contribution < 1.29 is 28.8 Å². The molecule has 1 N–H and O–H groups in total. The van der Waals surface area contributed by atoms with Gasteiger partial charge in [0.25, 0.3) is 0 Å². The maximum atomic E-state index is 11.0. The monoisotopic (exact) mass is 636 g/mol. The molecule has 2 aliphatic rings. The van der Waals surface area contributed by atoms with E-state index in [9.17, 15) is 5.11 Å². The minimum Gasteiger partial charge on any atom is -0.504 e. The van der Waals surface area contributed by atoms with Gasteiger partial charge in [-0.1, -0.05) is 24.8 Å². The third-order valence-corrected chi connectivity index (χ3v) is 9.63. The number of phenolic OH excluding ortho intramolecular Hbond substituents is 1. The Bertz CT molecular complexity index is 1770. The van der Waals surface area contributed by atoms with Crippen molar-refractivity contribution >= 4 is 5.57 Å². The molecule has 8 nitrogen and oxygen atoms in total. The largest absolute Gasteiger partial charge is 0.504 e. The van der Waals surface area contributed by atoms with Crippen LogP contribution in [-0.2, 0) is 19.3 Å². The number of likely N-dealkylation sites (N-methyl/N-ethyl adjacent to an activating group) is 2. The van der Waals surface area contributed by atoms with Crippen molar-refractivity contribution in [2.24, 2.45) is 0 Å². The van der Waals surface area contributed by atoms with Gasteiger partial charge in [0.2, 0.25) is 0 Å². The highest BCUT2D eigenvalue weighted by atomic mass is 16.5. The fourth-order valence-corrected chi connectivity index (χ4v) is 6.94. The zero-order valence-corrected chi connectivity index (χ0v) is 28.1. The first-order chi connectivity index (χ1) is 22.7. The van der Waals surface area contributed by atoms with Gasteiger partial charge in [-0.25, -0.2) is 0 Å². The SMILES string of the molecule is C=C(c1ccc(OC)cc1)[C@@H]1c2cc(Oc3cc(C[C@H]4c5cc(OC)c(OC)cc5CCN4C)ccc3O)c(OC)cc2CCN1C. The molecule has 6 rings (SSSR count). The molecule has 47 heavy (non-hydrogen) atoms. The summed E-state index contributed by atoms with van der Waals surface area (Å²) in [5.41, 5.74) is 7.85. The lowest BCUT2D eigenvalue weighted by molar-refractivity contribution is 0.227. The second kappa shape index (κ2) is 13.6. The predicted molar refractivity (Wildman–Crippen MR) is 185 cm³/mol. The minimum absolute atomic E-state index is 0.0575. The van der Waals surface area contributed by atoms with Crippen molar-refractivity contribution in [1.82, 2.24) is 9.80 Å². The molecule has 0 spiro atoms. The summed E-state index contributed by atoms with van der Waals surface area (Å²) in [5, 5.41) is 11.0. The Morgan fingerprint density at radius 3 is 1.96 bits per heavy atom. The Morgan fingerprint density at radius 1 is 0.702 bits per heavy atom. The first kappa shape index (κ1) is 32.3. The van der Waals surface area contributed by atoms with Crippen molar-refractivity contribution in [3.8, 4) is 40.2 Å². The van der Waals surface area contributed by atoms with E-state index >= 15 is 0 Å². The van der Waals surface area contributed by atoms with E-state index in [0.29, 0.717) is 17.2 Å². The molecule has 246 valence electrons. The zero-order chi connectivity index (χ0) is 33.2. The van der Waals surface area contributed by atoms with Gasteiger partial charge in [0, 0.05) is 19.1 Å². The Kier molecular flexibility index (Phi) is 9.34. The summed E-state index contributed by atoms with van der Waals surface area (Å²) in [6, 6.07) is 21.9. The van der Waals surface area contributed by atoms with Crippen LogP contribution in [0.5, 0.6) is 40.2 Å². The van der Waals surface area contributed by atoms with Crippen LogP contribution in [0.2, 0.25) is 0 Å². The van der Waals surface area contributed by atoms with E-state index in [2.05, 4.69) is 48.7 Å². The van der Waals surface area contributed by atoms with Gasteiger partial charge in [0.1, 0.15) is 5.75 Å². The summed E-state index contributed by atoms with van der Waals surface area (Å²) in [7, 11) is 10.9. The lowest BCUT2D eigenvalue weighted by Crippen LogP contribution is -2.33. The van der Waals surface area contributed by atoms with Crippen LogP contribution in [0.3, 0.4) is 0 Å². The standard InChI is InChI=1S/C39H44N2O6/c1-24(26-9-11-29(43-4)12-10-26)39-31-23-38(36(45-6)21-28(31)15-17-41(39)3)47-34-19-25(8-13-33(34)42)18-32-30-22-37(46-7)35(44-5)20-27(30)14-16-40(32)2/h8-13,19-23,32,39,42H,1,14-18H2,2-7H3/t32-,39+/m0/s1. The van der Waals surface area contributed by atoms with Crippen molar-refractivity contribution in [2.45, 2.75) is 31.3 Å². The number of ether oxygens (including phenoxy) is 5. The Hall–Kier alpha value is -4.66. The first-order valence-electron chi connectivity index (χ1n) is 15.9. The van der Waals surface area contributed by atoms with Crippen LogP contribution in [0.25, 0.3) is 5.57 Å². The van der Waals surface area contributed by atoms with Gasteiger partial charge in [0.05, 0.1) is 34.5 Å². The van der Waals surface area contributed by atoms with E-state index in [1.807, 2.05) is 42.5 Å². The summed E-state index contributed by atoms with van der Waals surface area (Å²) in [4.78, 5) is 4.67. The third-order valence-electron chi connectivity index (χ3n) is 9.63. The molecule has 0 aliphatic carbocycles. The highest BCUT2D eigenvalue weighted by Crippen LogP contribution is 2.46. The molecule has 0 saturated heterocycles. The van der Waals surface area contributed by atoms with Gasteiger partial charge >= 0.3 is 0 Å². The van der Waals surface area contributed by atoms with Crippen LogP contribution < -0.4 is 23.7 Å². The van der Waals surface area contributed by atoms with Crippen molar-refractivity contribution in [3.63, 3.8) is 0 Å². The predicted octanol–water partition coefficient (Wildman–Crippen LogP) is 7.23. The summed E-state index contributed by atoms with van der Waals surface area (Å²) < 4.78 is 28.9. The number of benzene rings is 4. The molecule has 0 unspecified atom stereocenters. The maximum absolute atomic E-state index is 11.0. The number of hydrogen-bond acceptors (Lipinski definition) is 8.